The molecule has 2 unspecified atom stereocenters. The number of aryl methyl sites for hydroxylation is 2. The Balaban J connectivity index is 2.04. The number of hydrogen-bond donors (Lipinski definition) is 2. The SMILES string of the molecule is CCc1nn(CC)c(CNC2CCCCCC2O)c1Br. The first-order valence-electron chi connectivity index (χ1n) is 7.82. The average molecular weight is 344 g/mol. The zero-order valence-electron chi connectivity index (χ0n) is 12.5. The molecule has 114 valence electrons. The first-order chi connectivity index (χ1) is 9.67. The predicted molar refractivity (Wildman–Crippen MR) is 84.7 cm³/mol. The zero-order valence-corrected chi connectivity index (χ0v) is 14.1. The first kappa shape index (κ1) is 16.0. The number of hydrogen-bond acceptors (Lipinski definition) is 3. The second kappa shape index (κ2) is 7.57. The highest BCUT2D eigenvalue weighted by molar-refractivity contribution is 9.10. The molecule has 1 aliphatic rings. The fourth-order valence-electron chi connectivity index (χ4n) is 2.94. The van der Waals surface area contributed by atoms with Crippen molar-refractivity contribution in [1.29, 1.82) is 0 Å². The summed E-state index contributed by atoms with van der Waals surface area (Å²) in [6, 6.07) is 0.217. The van der Waals surface area contributed by atoms with Crippen LogP contribution in [0.15, 0.2) is 4.47 Å². The molecule has 5 heteroatoms. The molecule has 20 heavy (non-hydrogen) atoms. The Morgan fingerprint density at radius 1 is 1.30 bits per heavy atom. The monoisotopic (exact) mass is 343 g/mol. The third-order valence-corrected chi connectivity index (χ3v) is 5.12. The molecule has 1 saturated carbocycles. The molecule has 0 amide bonds. The molecule has 0 radical (unpaired) electrons. The third kappa shape index (κ3) is 3.62. The van der Waals surface area contributed by atoms with Gasteiger partial charge in [-0.05, 0) is 42.1 Å². The van der Waals surface area contributed by atoms with E-state index in [1.165, 1.54) is 18.5 Å². The number of aliphatic hydroxyl groups excluding tert-OH is 1. The standard InChI is InChI=1S/C15H26BrN3O/c1-3-11-15(16)13(19(4-2)18-11)10-17-12-8-6-5-7-9-14(12)20/h12,14,17,20H,3-10H2,1-2H3. The molecule has 2 atom stereocenters. The summed E-state index contributed by atoms with van der Waals surface area (Å²) in [6.07, 6.45) is 6.32. The van der Waals surface area contributed by atoms with Crippen LogP contribution in [0.1, 0.15) is 57.3 Å². The summed E-state index contributed by atoms with van der Waals surface area (Å²) in [6.45, 7) is 5.88. The number of aromatic nitrogens is 2. The van der Waals surface area contributed by atoms with E-state index in [1.807, 2.05) is 0 Å². The Kier molecular flexibility index (Phi) is 6.05. The van der Waals surface area contributed by atoms with Crippen LogP contribution in [-0.2, 0) is 19.5 Å². The van der Waals surface area contributed by atoms with Crippen LogP contribution in [0.2, 0.25) is 0 Å². The minimum absolute atomic E-state index is 0.208. The van der Waals surface area contributed by atoms with Crippen molar-refractivity contribution < 1.29 is 5.11 Å². The minimum atomic E-state index is -0.208. The minimum Gasteiger partial charge on any atom is -0.392 e. The van der Waals surface area contributed by atoms with Crippen LogP contribution in [-0.4, -0.2) is 27.0 Å². The van der Waals surface area contributed by atoms with E-state index in [2.05, 4.69) is 44.9 Å². The maximum atomic E-state index is 10.2. The number of aliphatic hydroxyl groups is 1. The highest BCUT2D eigenvalue weighted by Gasteiger charge is 2.22. The van der Waals surface area contributed by atoms with Gasteiger partial charge in [0.05, 0.1) is 22.0 Å². The lowest BCUT2D eigenvalue weighted by Gasteiger charge is -2.22. The first-order valence-corrected chi connectivity index (χ1v) is 8.62. The number of nitrogens with zero attached hydrogens (tertiary/aromatic N) is 2. The van der Waals surface area contributed by atoms with Gasteiger partial charge in [0.1, 0.15) is 0 Å². The fourth-order valence-corrected chi connectivity index (χ4v) is 3.64. The Bertz CT molecular complexity index is 433. The molecule has 0 spiro atoms. The fraction of sp³-hybridized carbons (Fsp3) is 0.800. The van der Waals surface area contributed by atoms with Crippen molar-refractivity contribution in [3.05, 3.63) is 15.9 Å². The van der Waals surface area contributed by atoms with E-state index in [-0.39, 0.29) is 12.1 Å². The van der Waals surface area contributed by atoms with Crippen molar-refractivity contribution in [3.63, 3.8) is 0 Å². The molecule has 1 aromatic rings. The summed E-state index contributed by atoms with van der Waals surface area (Å²) >= 11 is 3.67. The van der Waals surface area contributed by atoms with Crippen molar-refractivity contribution in [3.8, 4) is 0 Å². The normalized spacial score (nSPS) is 23.8. The molecule has 2 rings (SSSR count). The molecule has 1 fully saturated rings. The van der Waals surface area contributed by atoms with E-state index < -0.39 is 0 Å². The molecule has 0 aliphatic heterocycles. The molecule has 0 aromatic carbocycles. The Morgan fingerprint density at radius 3 is 2.75 bits per heavy atom. The lowest BCUT2D eigenvalue weighted by atomic mass is 10.1. The van der Waals surface area contributed by atoms with E-state index >= 15 is 0 Å². The van der Waals surface area contributed by atoms with E-state index in [0.29, 0.717) is 0 Å². The van der Waals surface area contributed by atoms with Crippen LogP contribution in [0.3, 0.4) is 0 Å². The molecule has 0 saturated heterocycles. The maximum absolute atomic E-state index is 10.2. The van der Waals surface area contributed by atoms with Crippen LogP contribution in [0.25, 0.3) is 0 Å². The van der Waals surface area contributed by atoms with Crippen LogP contribution < -0.4 is 5.32 Å². The second-order valence-corrected chi connectivity index (χ2v) is 6.36. The topological polar surface area (TPSA) is 50.1 Å². The van der Waals surface area contributed by atoms with Gasteiger partial charge >= 0.3 is 0 Å². The smallest absolute Gasteiger partial charge is 0.0767 e. The summed E-state index contributed by atoms with van der Waals surface area (Å²) in [5.74, 6) is 0. The molecule has 1 heterocycles. The van der Waals surface area contributed by atoms with Gasteiger partial charge in [-0.15, -0.1) is 0 Å². The van der Waals surface area contributed by atoms with Gasteiger partial charge in [-0.3, -0.25) is 4.68 Å². The number of halogens is 1. The Hall–Kier alpha value is -0.390. The van der Waals surface area contributed by atoms with Crippen LogP contribution in [0, 0.1) is 0 Å². The van der Waals surface area contributed by atoms with Crippen LogP contribution >= 0.6 is 15.9 Å². The molecule has 1 aliphatic carbocycles. The van der Waals surface area contributed by atoms with Crippen molar-refractivity contribution >= 4 is 15.9 Å². The quantitative estimate of drug-likeness (QED) is 0.808. The summed E-state index contributed by atoms with van der Waals surface area (Å²) in [4.78, 5) is 0. The van der Waals surface area contributed by atoms with E-state index in [9.17, 15) is 5.11 Å². The van der Waals surface area contributed by atoms with Gasteiger partial charge in [0.2, 0.25) is 0 Å². The summed E-state index contributed by atoms with van der Waals surface area (Å²) in [5, 5.41) is 18.3. The van der Waals surface area contributed by atoms with Crippen molar-refractivity contribution in [2.45, 2.75) is 77.6 Å². The Labute approximate surface area is 130 Å². The maximum Gasteiger partial charge on any atom is 0.0767 e. The number of rotatable bonds is 5. The van der Waals surface area contributed by atoms with Gasteiger partial charge in [0.25, 0.3) is 0 Å². The number of nitrogens with one attached hydrogen (secondary N) is 1. The van der Waals surface area contributed by atoms with Crippen LogP contribution in [0.4, 0.5) is 0 Å². The van der Waals surface area contributed by atoms with E-state index in [4.69, 9.17) is 0 Å². The summed E-state index contributed by atoms with van der Waals surface area (Å²) in [5.41, 5.74) is 2.31. The van der Waals surface area contributed by atoms with Gasteiger partial charge in [0.15, 0.2) is 0 Å². The van der Waals surface area contributed by atoms with Crippen molar-refractivity contribution in [2.24, 2.45) is 0 Å². The van der Waals surface area contributed by atoms with Gasteiger partial charge in [-0.25, -0.2) is 0 Å². The van der Waals surface area contributed by atoms with Gasteiger partial charge in [-0.2, -0.15) is 5.10 Å². The van der Waals surface area contributed by atoms with Gasteiger partial charge in [-0.1, -0.05) is 26.2 Å². The predicted octanol–water partition coefficient (Wildman–Crippen LogP) is 3.01. The lowest BCUT2D eigenvalue weighted by Crippen LogP contribution is -2.39. The highest BCUT2D eigenvalue weighted by atomic mass is 79.9. The van der Waals surface area contributed by atoms with E-state index in [0.717, 1.165) is 48.9 Å². The molecular weight excluding hydrogens is 318 g/mol. The summed E-state index contributed by atoms with van der Waals surface area (Å²) < 4.78 is 3.18. The summed E-state index contributed by atoms with van der Waals surface area (Å²) in [7, 11) is 0. The molecule has 4 nitrogen and oxygen atoms in total. The second-order valence-electron chi connectivity index (χ2n) is 5.57. The largest absolute Gasteiger partial charge is 0.392 e. The van der Waals surface area contributed by atoms with E-state index in [1.54, 1.807) is 0 Å². The van der Waals surface area contributed by atoms with Crippen LogP contribution in [0.5, 0.6) is 0 Å². The molecular formula is C15H26BrN3O. The highest BCUT2D eigenvalue weighted by Crippen LogP contribution is 2.23. The van der Waals surface area contributed by atoms with Crippen molar-refractivity contribution in [2.75, 3.05) is 0 Å². The lowest BCUT2D eigenvalue weighted by molar-refractivity contribution is 0.119. The van der Waals surface area contributed by atoms with Gasteiger partial charge in [0, 0.05) is 19.1 Å². The average Bonchev–Trinajstić information content (AvgIpc) is 2.61. The third-order valence-electron chi connectivity index (χ3n) is 4.21. The zero-order chi connectivity index (χ0) is 14.5. The van der Waals surface area contributed by atoms with Gasteiger partial charge < -0.3 is 10.4 Å². The molecule has 0 bridgehead atoms. The Morgan fingerprint density at radius 2 is 2.05 bits per heavy atom. The van der Waals surface area contributed by atoms with Crippen molar-refractivity contribution in [1.82, 2.24) is 15.1 Å². The molecule has 1 aromatic heterocycles. The molecule has 2 N–H and O–H groups in total.